The van der Waals surface area contributed by atoms with Crippen LogP contribution in [-0.2, 0) is 9.59 Å². The second kappa shape index (κ2) is 10.2. The third kappa shape index (κ3) is 8.05. The van der Waals surface area contributed by atoms with E-state index in [1.165, 1.54) is 4.90 Å². The third-order valence-corrected chi connectivity index (χ3v) is 4.17. The van der Waals surface area contributed by atoms with Crippen molar-refractivity contribution < 1.29 is 14.7 Å². The number of carboxylic acid groups (broad SMARTS) is 1. The lowest BCUT2D eigenvalue weighted by Crippen LogP contribution is -2.43. The van der Waals surface area contributed by atoms with Crippen LogP contribution in [0.15, 0.2) is 35.2 Å². The highest BCUT2D eigenvalue weighted by atomic mass is 32.2. The number of carboxylic acids is 1. The van der Waals surface area contributed by atoms with Crippen LogP contribution in [0.2, 0.25) is 0 Å². The molecule has 1 rings (SSSR count). The van der Waals surface area contributed by atoms with Crippen LogP contribution in [0.25, 0.3) is 0 Å². The van der Waals surface area contributed by atoms with Gasteiger partial charge in [-0.25, -0.2) is 0 Å². The van der Waals surface area contributed by atoms with Crippen LogP contribution in [0.3, 0.4) is 0 Å². The van der Waals surface area contributed by atoms with Crippen LogP contribution in [-0.4, -0.2) is 53.3 Å². The highest BCUT2D eigenvalue weighted by molar-refractivity contribution is 7.99. The fraction of sp³-hybridized carbons (Fsp3) is 0.500. The van der Waals surface area contributed by atoms with E-state index in [1.54, 1.807) is 16.7 Å². The van der Waals surface area contributed by atoms with Gasteiger partial charge >= 0.3 is 5.97 Å². The summed E-state index contributed by atoms with van der Waals surface area (Å²) in [6.07, 6.45) is 0.881. The first-order valence-corrected chi connectivity index (χ1v) is 8.38. The molecule has 22 heavy (non-hydrogen) atoms. The molecule has 0 saturated heterocycles. The van der Waals surface area contributed by atoms with Gasteiger partial charge in [0, 0.05) is 17.5 Å². The summed E-state index contributed by atoms with van der Waals surface area (Å²) < 4.78 is 0. The SMILES string of the molecule is CC(C)N(CC(=O)O)CC(=O)NCCCSc1ccccc1. The quantitative estimate of drug-likeness (QED) is 0.509. The zero-order valence-electron chi connectivity index (χ0n) is 13.1. The van der Waals surface area contributed by atoms with Crippen molar-refractivity contribution in [3.05, 3.63) is 30.3 Å². The maximum Gasteiger partial charge on any atom is 0.317 e. The average Bonchev–Trinajstić information content (AvgIpc) is 2.46. The fourth-order valence-corrected chi connectivity index (χ4v) is 2.72. The second-order valence-corrected chi connectivity index (χ2v) is 6.43. The molecule has 0 saturated carbocycles. The molecule has 0 aromatic heterocycles. The van der Waals surface area contributed by atoms with Crippen molar-refractivity contribution in [1.82, 2.24) is 10.2 Å². The minimum absolute atomic E-state index is 0.0236. The van der Waals surface area contributed by atoms with E-state index in [1.807, 2.05) is 32.0 Å². The van der Waals surface area contributed by atoms with Crippen LogP contribution < -0.4 is 5.32 Å². The zero-order chi connectivity index (χ0) is 16.4. The van der Waals surface area contributed by atoms with Crippen molar-refractivity contribution in [2.45, 2.75) is 31.2 Å². The molecule has 1 aromatic rings. The molecule has 2 N–H and O–H groups in total. The topological polar surface area (TPSA) is 69.6 Å². The van der Waals surface area contributed by atoms with Crippen molar-refractivity contribution >= 4 is 23.6 Å². The molecule has 0 aliphatic carbocycles. The Morgan fingerprint density at radius 1 is 1.23 bits per heavy atom. The van der Waals surface area contributed by atoms with Crippen molar-refractivity contribution in [2.24, 2.45) is 0 Å². The molecule has 0 aliphatic rings. The molecule has 6 heteroatoms. The number of amides is 1. The maximum atomic E-state index is 11.8. The Hall–Kier alpha value is -1.53. The lowest BCUT2D eigenvalue weighted by atomic mass is 10.3. The minimum Gasteiger partial charge on any atom is -0.480 e. The summed E-state index contributed by atoms with van der Waals surface area (Å²) in [7, 11) is 0. The molecule has 0 bridgehead atoms. The number of carbonyl (C=O) groups excluding carboxylic acids is 1. The van der Waals surface area contributed by atoms with Crippen molar-refractivity contribution in [2.75, 3.05) is 25.4 Å². The van der Waals surface area contributed by atoms with Crippen LogP contribution in [0.1, 0.15) is 20.3 Å². The van der Waals surface area contributed by atoms with Crippen LogP contribution in [0.4, 0.5) is 0 Å². The fourth-order valence-electron chi connectivity index (χ4n) is 1.84. The Labute approximate surface area is 136 Å². The normalized spacial score (nSPS) is 10.9. The number of hydrogen-bond donors (Lipinski definition) is 2. The zero-order valence-corrected chi connectivity index (χ0v) is 13.9. The molecule has 122 valence electrons. The van der Waals surface area contributed by atoms with Gasteiger partial charge < -0.3 is 10.4 Å². The molecule has 1 amide bonds. The monoisotopic (exact) mass is 324 g/mol. The van der Waals surface area contributed by atoms with Gasteiger partial charge in [0.05, 0.1) is 13.1 Å². The van der Waals surface area contributed by atoms with Gasteiger partial charge in [0.2, 0.25) is 5.91 Å². The second-order valence-electron chi connectivity index (χ2n) is 5.26. The van der Waals surface area contributed by atoms with Gasteiger partial charge in [-0.3, -0.25) is 14.5 Å². The number of nitrogens with zero attached hydrogens (tertiary/aromatic N) is 1. The Kier molecular flexibility index (Phi) is 8.62. The predicted molar refractivity (Wildman–Crippen MR) is 89.1 cm³/mol. The highest BCUT2D eigenvalue weighted by Gasteiger charge is 2.16. The van der Waals surface area contributed by atoms with Crippen LogP contribution in [0, 0.1) is 0 Å². The summed E-state index contributed by atoms with van der Waals surface area (Å²) >= 11 is 1.76. The summed E-state index contributed by atoms with van der Waals surface area (Å²) in [5, 5.41) is 11.7. The van der Waals surface area contributed by atoms with E-state index >= 15 is 0 Å². The number of hydrogen-bond acceptors (Lipinski definition) is 4. The van der Waals surface area contributed by atoms with E-state index < -0.39 is 5.97 Å². The Morgan fingerprint density at radius 3 is 2.50 bits per heavy atom. The van der Waals surface area contributed by atoms with Gasteiger partial charge in [0.1, 0.15) is 0 Å². The number of rotatable bonds is 10. The van der Waals surface area contributed by atoms with E-state index in [2.05, 4.69) is 17.4 Å². The lowest BCUT2D eigenvalue weighted by Gasteiger charge is -2.23. The van der Waals surface area contributed by atoms with Crippen molar-refractivity contribution in [3.8, 4) is 0 Å². The number of carbonyl (C=O) groups is 2. The summed E-state index contributed by atoms with van der Waals surface area (Å²) in [4.78, 5) is 25.4. The molecule has 0 radical (unpaired) electrons. The number of nitrogens with one attached hydrogen (secondary N) is 1. The molecule has 0 spiro atoms. The van der Waals surface area contributed by atoms with Gasteiger partial charge in [-0.15, -0.1) is 11.8 Å². The predicted octanol–water partition coefficient (Wildman–Crippen LogP) is 2.08. The maximum absolute atomic E-state index is 11.8. The van der Waals surface area contributed by atoms with Crippen molar-refractivity contribution in [3.63, 3.8) is 0 Å². The van der Waals surface area contributed by atoms with E-state index in [9.17, 15) is 9.59 Å². The van der Waals surface area contributed by atoms with Crippen LogP contribution >= 0.6 is 11.8 Å². The van der Waals surface area contributed by atoms with Gasteiger partial charge in [0.15, 0.2) is 0 Å². The summed E-state index contributed by atoms with van der Waals surface area (Å²) in [6, 6.07) is 10.2. The Morgan fingerprint density at radius 2 is 1.91 bits per heavy atom. The standard InChI is InChI=1S/C16H24N2O3S/c1-13(2)18(12-16(20)21)11-15(19)17-9-6-10-22-14-7-4-3-5-8-14/h3-5,7-8,13H,6,9-12H2,1-2H3,(H,17,19)(H,20,21). The number of aliphatic carboxylic acids is 1. The number of benzene rings is 1. The number of thioether (sulfide) groups is 1. The molecule has 0 atom stereocenters. The summed E-state index contributed by atoms with van der Waals surface area (Å²) in [5.74, 6) is -0.103. The van der Waals surface area contributed by atoms with Gasteiger partial charge in [-0.05, 0) is 38.2 Å². The van der Waals surface area contributed by atoms with E-state index in [0.717, 1.165) is 12.2 Å². The first-order chi connectivity index (χ1) is 10.5. The average molecular weight is 324 g/mol. The molecule has 0 unspecified atom stereocenters. The van der Waals surface area contributed by atoms with Gasteiger partial charge in [0.25, 0.3) is 0 Å². The third-order valence-electron chi connectivity index (χ3n) is 3.07. The summed E-state index contributed by atoms with van der Waals surface area (Å²) in [5.41, 5.74) is 0. The molecule has 0 fully saturated rings. The molecule has 1 aromatic carbocycles. The summed E-state index contributed by atoms with van der Waals surface area (Å²) in [6.45, 7) is 4.38. The minimum atomic E-state index is -0.916. The van der Waals surface area contributed by atoms with E-state index in [-0.39, 0.29) is 25.0 Å². The lowest BCUT2D eigenvalue weighted by molar-refractivity contribution is -0.139. The Bertz CT molecular complexity index is 466. The van der Waals surface area contributed by atoms with E-state index in [4.69, 9.17) is 5.11 Å². The van der Waals surface area contributed by atoms with E-state index in [0.29, 0.717) is 6.54 Å². The highest BCUT2D eigenvalue weighted by Crippen LogP contribution is 2.17. The largest absolute Gasteiger partial charge is 0.480 e. The molecule has 0 aliphatic heterocycles. The van der Waals surface area contributed by atoms with Crippen molar-refractivity contribution in [1.29, 1.82) is 0 Å². The molecular weight excluding hydrogens is 300 g/mol. The molecular formula is C16H24N2O3S. The molecule has 0 heterocycles. The Balaban J connectivity index is 2.18. The van der Waals surface area contributed by atoms with Gasteiger partial charge in [-0.2, -0.15) is 0 Å². The molecule has 5 nitrogen and oxygen atoms in total. The smallest absolute Gasteiger partial charge is 0.317 e. The van der Waals surface area contributed by atoms with Crippen LogP contribution in [0.5, 0.6) is 0 Å². The first kappa shape index (κ1) is 18.5. The first-order valence-electron chi connectivity index (χ1n) is 7.39. The van der Waals surface area contributed by atoms with Gasteiger partial charge in [-0.1, -0.05) is 18.2 Å².